The number of benzene rings is 1. The van der Waals surface area contributed by atoms with E-state index >= 15 is 0 Å². The highest BCUT2D eigenvalue weighted by Gasteiger charge is 2.40. The summed E-state index contributed by atoms with van der Waals surface area (Å²) in [7, 11) is 0. The van der Waals surface area contributed by atoms with Crippen LogP contribution < -0.4 is 0 Å². The molecule has 9 nitrogen and oxygen atoms in total. The molecule has 0 heterocycles. The number of rotatable bonds is 6. The quantitative estimate of drug-likeness (QED) is 0.500. The molecule has 0 aliphatic rings. The van der Waals surface area contributed by atoms with Gasteiger partial charge in [-0.3, -0.25) is 9.59 Å². The molecule has 0 radical (unpaired) electrons. The number of hydrogen-bond acceptors (Lipinski definition) is 5. The van der Waals surface area contributed by atoms with E-state index in [4.69, 9.17) is 25.5 Å². The molecular formula is C15H18O9. The molecule has 132 valence electrons. The molecule has 0 bridgehead atoms. The Labute approximate surface area is 136 Å². The van der Waals surface area contributed by atoms with E-state index in [1.165, 1.54) is 0 Å². The molecule has 0 atom stereocenters. The summed E-state index contributed by atoms with van der Waals surface area (Å²) in [5, 5.41) is 42.5. The molecule has 24 heavy (non-hydrogen) atoms. The van der Waals surface area contributed by atoms with Crippen molar-refractivity contribution in [2.75, 3.05) is 0 Å². The Morgan fingerprint density at radius 2 is 1.38 bits per heavy atom. The number of aliphatic hydroxyl groups is 1. The van der Waals surface area contributed by atoms with Crippen molar-refractivity contribution in [3.8, 4) is 0 Å². The normalized spacial score (nSPS) is 10.3. The van der Waals surface area contributed by atoms with E-state index in [-0.39, 0.29) is 0 Å². The van der Waals surface area contributed by atoms with Crippen LogP contribution in [0.5, 0.6) is 0 Å². The van der Waals surface area contributed by atoms with Crippen LogP contribution in [-0.2, 0) is 14.4 Å². The summed E-state index contributed by atoms with van der Waals surface area (Å²) >= 11 is 0. The highest BCUT2D eigenvalue weighted by atomic mass is 16.4. The number of aromatic carboxylic acids is 1. The predicted molar refractivity (Wildman–Crippen MR) is 80.0 cm³/mol. The van der Waals surface area contributed by atoms with Gasteiger partial charge in [-0.25, -0.2) is 9.59 Å². The molecule has 0 fully saturated rings. The Hall–Kier alpha value is -2.94. The molecule has 0 saturated heterocycles. The maximum absolute atomic E-state index is 10.6. The van der Waals surface area contributed by atoms with Crippen LogP contribution in [0.15, 0.2) is 18.2 Å². The summed E-state index contributed by atoms with van der Waals surface area (Å²) in [5.74, 6) is -5.87. The van der Waals surface area contributed by atoms with Gasteiger partial charge >= 0.3 is 23.9 Å². The predicted octanol–water partition coefficient (Wildman–Crippen LogP) is 0.753. The smallest absolute Gasteiger partial charge is 0.336 e. The van der Waals surface area contributed by atoms with Gasteiger partial charge in [-0.1, -0.05) is 12.1 Å². The average Bonchev–Trinajstić information content (AvgIpc) is 2.40. The van der Waals surface area contributed by atoms with E-state index in [1.54, 1.807) is 12.1 Å². The van der Waals surface area contributed by atoms with E-state index in [2.05, 4.69) is 0 Å². The van der Waals surface area contributed by atoms with E-state index in [9.17, 15) is 19.2 Å². The molecule has 0 amide bonds. The molecule has 0 aliphatic carbocycles. The summed E-state index contributed by atoms with van der Waals surface area (Å²) in [6, 6.07) is 5.28. The van der Waals surface area contributed by atoms with Crippen LogP contribution >= 0.6 is 0 Å². The van der Waals surface area contributed by atoms with Crippen LogP contribution in [0.2, 0.25) is 0 Å². The van der Waals surface area contributed by atoms with Gasteiger partial charge in [-0.15, -0.1) is 0 Å². The van der Waals surface area contributed by atoms with Crippen molar-refractivity contribution < 1.29 is 44.7 Å². The third kappa shape index (κ3) is 6.44. The van der Waals surface area contributed by atoms with Gasteiger partial charge in [0.05, 0.1) is 18.4 Å². The summed E-state index contributed by atoms with van der Waals surface area (Å²) < 4.78 is 0. The number of aryl methyl sites for hydroxylation is 1. The molecule has 9 heteroatoms. The lowest BCUT2D eigenvalue weighted by molar-refractivity contribution is -0.170. The average molecular weight is 342 g/mol. The third-order valence-electron chi connectivity index (χ3n) is 3.12. The van der Waals surface area contributed by atoms with Gasteiger partial charge in [-0.2, -0.15) is 0 Å². The fourth-order valence-electron chi connectivity index (χ4n) is 1.70. The Kier molecular flexibility index (Phi) is 7.57. The molecule has 1 aromatic rings. The topological polar surface area (TPSA) is 169 Å². The highest BCUT2D eigenvalue weighted by molar-refractivity contribution is 5.89. The lowest BCUT2D eigenvalue weighted by atomic mass is 9.96. The number of hydrogen-bond donors (Lipinski definition) is 5. The second-order valence-corrected chi connectivity index (χ2v) is 5.03. The maximum Gasteiger partial charge on any atom is 0.336 e. The second kappa shape index (κ2) is 8.63. The van der Waals surface area contributed by atoms with Crippen molar-refractivity contribution in [2.45, 2.75) is 32.3 Å². The second-order valence-electron chi connectivity index (χ2n) is 5.03. The molecule has 0 unspecified atom stereocenters. The standard InChI is InChI=1S/C9H10O2.C6H8O7/c1-6-4-3-5-8(7(6)2)9(10)11;7-3(8)1-6(13,5(11)12)2-4(9)10/h3-5H,1-2H3,(H,10,11);13H,1-2H2,(H,7,8)(H,9,10)(H,11,12). The van der Waals surface area contributed by atoms with Gasteiger partial charge in [0.2, 0.25) is 0 Å². The summed E-state index contributed by atoms with van der Waals surface area (Å²) in [6.45, 7) is 3.72. The van der Waals surface area contributed by atoms with Gasteiger partial charge in [-0.05, 0) is 31.0 Å². The first-order chi connectivity index (χ1) is 10.9. The first-order valence-electron chi connectivity index (χ1n) is 6.59. The number of carboxylic acid groups (broad SMARTS) is 4. The Morgan fingerprint density at radius 1 is 0.917 bits per heavy atom. The maximum atomic E-state index is 10.6. The Morgan fingerprint density at radius 3 is 1.67 bits per heavy atom. The van der Waals surface area contributed by atoms with Crippen LogP contribution in [0.1, 0.15) is 34.3 Å². The van der Waals surface area contributed by atoms with Crippen molar-refractivity contribution in [1.82, 2.24) is 0 Å². The van der Waals surface area contributed by atoms with Gasteiger partial charge < -0.3 is 25.5 Å². The fraction of sp³-hybridized carbons (Fsp3) is 0.333. The molecule has 0 saturated carbocycles. The Balaban J connectivity index is 0.000000446. The zero-order valence-electron chi connectivity index (χ0n) is 13.0. The van der Waals surface area contributed by atoms with E-state index in [0.717, 1.165) is 11.1 Å². The number of carboxylic acids is 4. The molecule has 0 aliphatic heterocycles. The minimum atomic E-state index is -2.74. The lowest BCUT2D eigenvalue weighted by Crippen LogP contribution is -2.42. The molecular weight excluding hydrogens is 324 g/mol. The lowest BCUT2D eigenvalue weighted by Gasteiger charge is -2.18. The molecule has 1 aromatic carbocycles. The highest BCUT2D eigenvalue weighted by Crippen LogP contribution is 2.15. The van der Waals surface area contributed by atoms with E-state index < -0.39 is 42.3 Å². The van der Waals surface area contributed by atoms with Crippen molar-refractivity contribution in [3.63, 3.8) is 0 Å². The first-order valence-corrected chi connectivity index (χ1v) is 6.59. The van der Waals surface area contributed by atoms with E-state index in [0.29, 0.717) is 5.56 Å². The van der Waals surface area contributed by atoms with Crippen LogP contribution in [-0.4, -0.2) is 55.0 Å². The fourth-order valence-corrected chi connectivity index (χ4v) is 1.70. The Bertz CT molecular complexity index is 632. The van der Waals surface area contributed by atoms with Gasteiger partial charge in [0, 0.05) is 0 Å². The summed E-state index contributed by atoms with van der Waals surface area (Å²) in [6.07, 6.45) is -2.29. The van der Waals surface area contributed by atoms with Gasteiger partial charge in [0.1, 0.15) is 0 Å². The monoisotopic (exact) mass is 342 g/mol. The zero-order valence-corrected chi connectivity index (χ0v) is 13.0. The van der Waals surface area contributed by atoms with Gasteiger partial charge in [0.25, 0.3) is 0 Å². The van der Waals surface area contributed by atoms with Crippen molar-refractivity contribution in [1.29, 1.82) is 0 Å². The largest absolute Gasteiger partial charge is 0.481 e. The minimum absolute atomic E-state index is 0.394. The molecule has 1 rings (SSSR count). The van der Waals surface area contributed by atoms with Crippen LogP contribution in [0, 0.1) is 13.8 Å². The third-order valence-corrected chi connectivity index (χ3v) is 3.12. The molecule has 5 N–H and O–H groups in total. The SMILES string of the molecule is Cc1cccc(C(=O)O)c1C.O=C(O)CC(O)(CC(=O)O)C(=O)O. The summed E-state index contributed by atoms with van der Waals surface area (Å²) in [4.78, 5) is 41.1. The van der Waals surface area contributed by atoms with Crippen LogP contribution in [0.3, 0.4) is 0 Å². The van der Waals surface area contributed by atoms with Crippen molar-refractivity contribution >= 4 is 23.9 Å². The van der Waals surface area contributed by atoms with Crippen molar-refractivity contribution in [3.05, 3.63) is 34.9 Å². The summed E-state index contributed by atoms with van der Waals surface area (Å²) in [5.41, 5.74) is -0.479. The minimum Gasteiger partial charge on any atom is -0.481 e. The number of aliphatic carboxylic acids is 3. The zero-order chi connectivity index (χ0) is 19.1. The van der Waals surface area contributed by atoms with Crippen LogP contribution in [0.25, 0.3) is 0 Å². The van der Waals surface area contributed by atoms with Crippen molar-refractivity contribution in [2.24, 2.45) is 0 Å². The van der Waals surface area contributed by atoms with Gasteiger partial charge in [0.15, 0.2) is 5.60 Å². The molecule has 0 spiro atoms. The van der Waals surface area contributed by atoms with E-state index in [1.807, 2.05) is 19.9 Å². The first kappa shape index (κ1) is 21.1. The van der Waals surface area contributed by atoms with Crippen LogP contribution in [0.4, 0.5) is 0 Å². The number of carbonyl (C=O) groups is 4. The molecule has 0 aromatic heterocycles.